The first-order valence-electron chi connectivity index (χ1n) is 5.67. The van der Waals surface area contributed by atoms with Crippen molar-refractivity contribution in [3.63, 3.8) is 0 Å². The average molecular weight is 287 g/mol. The van der Waals surface area contributed by atoms with E-state index in [1.165, 1.54) is 6.92 Å². The second kappa shape index (κ2) is 5.20. The number of rotatable bonds is 2. The van der Waals surface area contributed by atoms with E-state index in [2.05, 4.69) is 0 Å². The van der Waals surface area contributed by atoms with Crippen molar-refractivity contribution in [3.8, 4) is 0 Å². The van der Waals surface area contributed by atoms with E-state index >= 15 is 0 Å². The zero-order valence-corrected chi connectivity index (χ0v) is 10.4. The minimum Gasteiger partial charge on any atom is -0.320 e. The molecule has 2 rings (SSSR count). The van der Waals surface area contributed by atoms with Crippen LogP contribution in [-0.2, 0) is 0 Å². The molecule has 0 saturated carbocycles. The molecule has 0 spiro atoms. The van der Waals surface area contributed by atoms with E-state index in [4.69, 9.17) is 5.73 Å². The molecule has 0 radical (unpaired) electrons. The molecule has 0 aliphatic carbocycles. The molecule has 2 aromatic carbocycles. The fourth-order valence-corrected chi connectivity index (χ4v) is 1.85. The van der Waals surface area contributed by atoms with Gasteiger partial charge >= 0.3 is 0 Å². The Hall–Kier alpha value is -1.95. The molecule has 1 nitrogen and oxygen atoms in total. The van der Waals surface area contributed by atoms with Crippen LogP contribution in [-0.4, -0.2) is 0 Å². The zero-order chi connectivity index (χ0) is 15.0. The van der Waals surface area contributed by atoms with Gasteiger partial charge in [0.2, 0.25) is 0 Å². The Morgan fingerprint density at radius 1 is 0.800 bits per heavy atom. The second-order valence-corrected chi connectivity index (χ2v) is 4.37. The lowest BCUT2D eigenvalue weighted by atomic mass is 9.97. The quantitative estimate of drug-likeness (QED) is 0.661. The van der Waals surface area contributed by atoms with E-state index in [1.807, 2.05) is 0 Å². The van der Waals surface area contributed by atoms with Crippen LogP contribution in [0.25, 0.3) is 0 Å². The third-order valence-electron chi connectivity index (χ3n) is 3.01. The lowest BCUT2D eigenvalue weighted by molar-refractivity contribution is 0.437. The van der Waals surface area contributed by atoms with Gasteiger partial charge in [-0.25, -0.2) is 22.0 Å². The highest BCUT2D eigenvalue weighted by molar-refractivity contribution is 5.36. The minimum absolute atomic E-state index is 0.0595. The van der Waals surface area contributed by atoms with Crippen LogP contribution < -0.4 is 5.73 Å². The molecule has 6 heteroatoms. The van der Waals surface area contributed by atoms with Gasteiger partial charge in [-0.15, -0.1) is 0 Å². The Labute approximate surface area is 111 Å². The maximum Gasteiger partial charge on any atom is 0.194 e. The van der Waals surface area contributed by atoms with Gasteiger partial charge in [0.1, 0.15) is 11.6 Å². The Morgan fingerprint density at radius 2 is 1.45 bits per heavy atom. The predicted molar refractivity (Wildman–Crippen MR) is 63.4 cm³/mol. The first-order valence-corrected chi connectivity index (χ1v) is 5.67. The van der Waals surface area contributed by atoms with E-state index in [0.29, 0.717) is 6.07 Å². The number of halogens is 5. The highest BCUT2D eigenvalue weighted by atomic mass is 19.2. The Kier molecular flexibility index (Phi) is 3.76. The number of hydrogen-bond donors (Lipinski definition) is 1. The van der Waals surface area contributed by atoms with Gasteiger partial charge < -0.3 is 5.73 Å². The SMILES string of the molecule is Cc1cc(F)c(C(N)c2ccc(F)c(F)c2F)cc1F. The maximum atomic E-state index is 13.7. The van der Waals surface area contributed by atoms with Crippen LogP contribution in [0.15, 0.2) is 24.3 Å². The molecule has 0 amide bonds. The fraction of sp³-hybridized carbons (Fsp3) is 0.143. The first kappa shape index (κ1) is 14.5. The molecule has 2 aromatic rings. The lowest BCUT2D eigenvalue weighted by Gasteiger charge is -2.15. The fourth-order valence-electron chi connectivity index (χ4n) is 1.85. The van der Waals surface area contributed by atoms with Gasteiger partial charge in [0.25, 0.3) is 0 Å². The normalized spacial score (nSPS) is 12.6. The molecule has 0 bridgehead atoms. The number of hydrogen-bond acceptors (Lipinski definition) is 1. The first-order chi connectivity index (χ1) is 9.32. The number of nitrogens with two attached hydrogens (primary N) is 1. The van der Waals surface area contributed by atoms with Gasteiger partial charge in [0.05, 0.1) is 6.04 Å². The van der Waals surface area contributed by atoms with Crippen molar-refractivity contribution in [1.29, 1.82) is 0 Å². The summed E-state index contributed by atoms with van der Waals surface area (Å²) in [6.45, 7) is 1.35. The highest BCUT2D eigenvalue weighted by Gasteiger charge is 2.22. The summed E-state index contributed by atoms with van der Waals surface area (Å²) >= 11 is 0. The molecule has 0 fully saturated rings. The molecule has 0 heterocycles. The molecular formula is C14H10F5N. The van der Waals surface area contributed by atoms with Crippen LogP contribution in [0.1, 0.15) is 22.7 Å². The van der Waals surface area contributed by atoms with Crippen molar-refractivity contribution in [1.82, 2.24) is 0 Å². The molecule has 0 aromatic heterocycles. The van der Waals surface area contributed by atoms with E-state index < -0.39 is 40.7 Å². The average Bonchev–Trinajstić information content (AvgIpc) is 2.40. The van der Waals surface area contributed by atoms with E-state index in [-0.39, 0.29) is 11.1 Å². The van der Waals surface area contributed by atoms with Crippen LogP contribution in [0.3, 0.4) is 0 Å². The Bertz CT molecular complexity index is 667. The largest absolute Gasteiger partial charge is 0.320 e. The molecule has 0 saturated heterocycles. The monoisotopic (exact) mass is 287 g/mol. The predicted octanol–water partition coefficient (Wildman–Crippen LogP) is 3.74. The molecule has 20 heavy (non-hydrogen) atoms. The third kappa shape index (κ3) is 2.38. The third-order valence-corrected chi connectivity index (χ3v) is 3.01. The van der Waals surface area contributed by atoms with Gasteiger partial charge in [-0.05, 0) is 30.7 Å². The van der Waals surface area contributed by atoms with Gasteiger partial charge in [-0.2, -0.15) is 0 Å². The zero-order valence-electron chi connectivity index (χ0n) is 10.4. The van der Waals surface area contributed by atoms with Crippen molar-refractivity contribution in [3.05, 3.63) is 70.0 Å². The summed E-state index contributed by atoms with van der Waals surface area (Å²) in [5.74, 6) is -6.17. The summed E-state index contributed by atoms with van der Waals surface area (Å²) < 4.78 is 66.7. The Balaban J connectivity index is 2.55. The van der Waals surface area contributed by atoms with E-state index in [9.17, 15) is 22.0 Å². The Morgan fingerprint density at radius 3 is 2.10 bits per heavy atom. The van der Waals surface area contributed by atoms with Gasteiger partial charge in [0.15, 0.2) is 17.5 Å². The van der Waals surface area contributed by atoms with Gasteiger partial charge in [-0.3, -0.25) is 0 Å². The summed E-state index contributed by atoms with van der Waals surface area (Å²) in [5, 5.41) is 0. The minimum atomic E-state index is -1.70. The van der Waals surface area contributed by atoms with E-state index in [1.54, 1.807) is 0 Å². The van der Waals surface area contributed by atoms with Crippen LogP contribution in [0.5, 0.6) is 0 Å². The molecule has 1 unspecified atom stereocenters. The van der Waals surface area contributed by atoms with Crippen molar-refractivity contribution in [2.45, 2.75) is 13.0 Å². The molecule has 106 valence electrons. The number of benzene rings is 2. The van der Waals surface area contributed by atoms with Crippen LogP contribution >= 0.6 is 0 Å². The van der Waals surface area contributed by atoms with Crippen molar-refractivity contribution < 1.29 is 22.0 Å². The molecule has 0 aliphatic heterocycles. The summed E-state index contributed by atoms with van der Waals surface area (Å²) in [7, 11) is 0. The topological polar surface area (TPSA) is 26.0 Å². The molecule has 0 aliphatic rings. The van der Waals surface area contributed by atoms with Gasteiger partial charge in [0, 0.05) is 11.1 Å². The van der Waals surface area contributed by atoms with Crippen molar-refractivity contribution in [2.24, 2.45) is 5.73 Å². The standard InChI is InChI=1S/C14H10F5N/c1-6-4-11(17)8(5-10(6)16)14(20)7-2-3-9(15)13(19)12(7)18/h2-5,14H,20H2,1H3. The summed E-state index contributed by atoms with van der Waals surface area (Å²) in [6.07, 6.45) is 0. The lowest BCUT2D eigenvalue weighted by Crippen LogP contribution is -2.17. The van der Waals surface area contributed by atoms with Crippen LogP contribution in [0.4, 0.5) is 22.0 Å². The number of aryl methyl sites for hydroxylation is 1. The van der Waals surface area contributed by atoms with Crippen LogP contribution in [0, 0.1) is 36.0 Å². The van der Waals surface area contributed by atoms with Crippen molar-refractivity contribution >= 4 is 0 Å². The van der Waals surface area contributed by atoms with Crippen LogP contribution in [0.2, 0.25) is 0 Å². The maximum absolute atomic E-state index is 13.7. The van der Waals surface area contributed by atoms with E-state index in [0.717, 1.165) is 18.2 Å². The van der Waals surface area contributed by atoms with Crippen molar-refractivity contribution in [2.75, 3.05) is 0 Å². The second-order valence-electron chi connectivity index (χ2n) is 4.37. The summed E-state index contributed by atoms with van der Waals surface area (Å²) in [6, 6.07) is 1.85. The summed E-state index contributed by atoms with van der Waals surface area (Å²) in [5.41, 5.74) is 4.89. The molecule has 2 N–H and O–H groups in total. The summed E-state index contributed by atoms with van der Waals surface area (Å²) in [4.78, 5) is 0. The smallest absolute Gasteiger partial charge is 0.194 e. The van der Waals surface area contributed by atoms with Gasteiger partial charge in [-0.1, -0.05) is 6.07 Å². The molecule has 1 atom stereocenters. The highest BCUT2D eigenvalue weighted by Crippen LogP contribution is 2.28. The molecular weight excluding hydrogens is 277 g/mol.